The Labute approximate surface area is 104 Å². The molecule has 18 heavy (non-hydrogen) atoms. The van der Waals surface area contributed by atoms with Crippen LogP contribution in [0.4, 0.5) is 8.78 Å². The highest BCUT2D eigenvalue weighted by Gasteiger charge is 2.12. The molecule has 1 atom stereocenters. The average Bonchev–Trinajstić information content (AvgIpc) is 2.36. The molecule has 1 N–H and O–H groups in total. The number of nitrogens with one attached hydrogen (secondary N) is 1. The SMILES string of the molecule is CNC(Cc1cc(F)cc(F)c1)c1cncnc1. The first-order chi connectivity index (χ1) is 8.69. The van der Waals surface area contributed by atoms with E-state index >= 15 is 0 Å². The number of aromatic nitrogens is 2. The molecule has 94 valence electrons. The molecule has 0 saturated heterocycles. The fraction of sp³-hybridized carbons (Fsp3) is 0.231. The lowest BCUT2D eigenvalue weighted by Gasteiger charge is -2.15. The lowest BCUT2D eigenvalue weighted by atomic mass is 10.0. The van der Waals surface area contributed by atoms with Gasteiger partial charge < -0.3 is 5.32 Å². The zero-order valence-electron chi connectivity index (χ0n) is 9.90. The summed E-state index contributed by atoms with van der Waals surface area (Å²) >= 11 is 0. The van der Waals surface area contributed by atoms with Gasteiger partial charge in [-0.25, -0.2) is 18.7 Å². The molecule has 3 nitrogen and oxygen atoms in total. The highest BCUT2D eigenvalue weighted by molar-refractivity contribution is 5.21. The van der Waals surface area contributed by atoms with Crippen LogP contribution in [-0.2, 0) is 6.42 Å². The standard InChI is InChI=1S/C13H13F2N3/c1-16-13(10-6-17-8-18-7-10)4-9-2-11(14)5-12(15)3-9/h2-3,5-8,13,16H,4H2,1H3. The minimum atomic E-state index is -0.566. The normalized spacial score (nSPS) is 12.4. The maximum Gasteiger partial charge on any atom is 0.126 e. The Morgan fingerprint density at radius 3 is 2.28 bits per heavy atom. The lowest BCUT2D eigenvalue weighted by Crippen LogP contribution is -2.19. The Kier molecular flexibility index (Phi) is 3.94. The van der Waals surface area contributed by atoms with Crippen LogP contribution in [0.2, 0.25) is 0 Å². The van der Waals surface area contributed by atoms with Crippen LogP contribution in [0.5, 0.6) is 0 Å². The topological polar surface area (TPSA) is 37.8 Å². The van der Waals surface area contributed by atoms with Crippen molar-refractivity contribution in [3.8, 4) is 0 Å². The van der Waals surface area contributed by atoms with Crippen LogP contribution in [0.15, 0.2) is 36.9 Å². The van der Waals surface area contributed by atoms with Crippen LogP contribution in [0.1, 0.15) is 17.2 Å². The molecule has 5 heteroatoms. The highest BCUT2D eigenvalue weighted by Crippen LogP contribution is 2.18. The predicted octanol–water partition coefficient (Wildman–Crippen LogP) is 2.26. The first-order valence-electron chi connectivity index (χ1n) is 5.56. The van der Waals surface area contributed by atoms with Crippen molar-refractivity contribution in [2.75, 3.05) is 7.05 Å². The first-order valence-corrected chi connectivity index (χ1v) is 5.56. The summed E-state index contributed by atoms with van der Waals surface area (Å²) in [6, 6.07) is 3.45. The third-order valence-corrected chi connectivity index (χ3v) is 2.69. The highest BCUT2D eigenvalue weighted by atomic mass is 19.1. The van der Waals surface area contributed by atoms with Crippen molar-refractivity contribution in [3.63, 3.8) is 0 Å². The van der Waals surface area contributed by atoms with Crippen LogP contribution in [-0.4, -0.2) is 17.0 Å². The average molecular weight is 249 g/mol. The number of halogens is 2. The molecule has 0 fully saturated rings. The van der Waals surface area contributed by atoms with Crippen molar-refractivity contribution in [3.05, 3.63) is 59.7 Å². The Balaban J connectivity index is 2.20. The summed E-state index contributed by atoms with van der Waals surface area (Å²) in [6.07, 6.45) is 5.28. The Bertz CT molecular complexity index is 497. The second-order valence-corrected chi connectivity index (χ2v) is 3.99. The predicted molar refractivity (Wildman–Crippen MR) is 63.9 cm³/mol. The molecule has 0 aliphatic heterocycles. The van der Waals surface area contributed by atoms with E-state index in [0.717, 1.165) is 11.6 Å². The van der Waals surface area contributed by atoms with Crippen molar-refractivity contribution < 1.29 is 8.78 Å². The van der Waals surface area contributed by atoms with Gasteiger partial charge in [0.2, 0.25) is 0 Å². The van der Waals surface area contributed by atoms with Crippen molar-refractivity contribution >= 4 is 0 Å². The number of rotatable bonds is 4. The van der Waals surface area contributed by atoms with Crippen molar-refractivity contribution in [2.45, 2.75) is 12.5 Å². The van der Waals surface area contributed by atoms with E-state index in [-0.39, 0.29) is 6.04 Å². The van der Waals surface area contributed by atoms with E-state index in [2.05, 4.69) is 15.3 Å². The summed E-state index contributed by atoms with van der Waals surface area (Å²) in [4.78, 5) is 7.86. The first kappa shape index (κ1) is 12.6. The molecule has 0 saturated carbocycles. The summed E-state index contributed by atoms with van der Waals surface area (Å²) < 4.78 is 26.2. The molecule has 0 amide bonds. The molecule has 1 heterocycles. The number of likely N-dealkylation sites (N-methyl/N-ethyl adjacent to an activating group) is 1. The largest absolute Gasteiger partial charge is 0.313 e. The Morgan fingerprint density at radius 1 is 1.11 bits per heavy atom. The third kappa shape index (κ3) is 3.07. The molecule has 0 aliphatic rings. The maximum atomic E-state index is 13.1. The summed E-state index contributed by atoms with van der Waals surface area (Å²) in [7, 11) is 1.79. The molecule has 0 aliphatic carbocycles. The molecule has 1 aromatic heterocycles. The lowest BCUT2D eigenvalue weighted by molar-refractivity contribution is 0.560. The fourth-order valence-electron chi connectivity index (χ4n) is 1.84. The summed E-state index contributed by atoms with van der Waals surface area (Å²) in [5, 5.41) is 3.08. The zero-order valence-corrected chi connectivity index (χ0v) is 9.90. The monoisotopic (exact) mass is 249 g/mol. The van der Waals surface area contributed by atoms with E-state index in [1.807, 2.05) is 0 Å². The second kappa shape index (κ2) is 5.64. The van der Waals surface area contributed by atoms with Crippen molar-refractivity contribution in [1.82, 2.24) is 15.3 Å². The summed E-state index contributed by atoms with van der Waals surface area (Å²) in [5.41, 5.74) is 1.47. The molecule has 1 aromatic carbocycles. The molecule has 1 unspecified atom stereocenters. The van der Waals surface area contributed by atoms with Crippen LogP contribution < -0.4 is 5.32 Å². The number of nitrogens with zero attached hydrogens (tertiary/aromatic N) is 2. The van der Waals surface area contributed by atoms with Gasteiger partial charge in [0, 0.05) is 30.1 Å². The van der Waals surface area contributed by atoms with Crippen LogP contribution in [0.3, 0.4) is 0 Å². The Hall–Kier alpha value is -1.88. The smallest absolute Gasteiger partial charge is 0.126 e. The van der Waals surface area contributed by atoms with Crippen LogP contribution >= 0.6 is 0 Å². The van der Waals surface area contributed by atoms with Gasteiger partial charge >= 0.3 is 0 Å². The minimum Gasteiger partial charge on any atom is -0.313 e. The number of benzene rings is 1. The Morgan fingerprint density at radius 2 is 1.72 bits per heavy atom. The van der Waals surface area contributed by atoms with E-state index in [1.165, 1.54) is 18.5 Å². The van der Waals surface area contributed by atoms with Gasteiger partial charge in [-0.1, -0.05) is 0 Å². The van der Waals surface area contributed by atoms with Gasteiger partial charge in [-0.3, -0.25) is 0 Å². The molecule has 0 radical (unpaired) electrons. The van der Waals surface area contributed by atoms with Gasteiger partial charge in [0.15, 0.2) is 0 Å². The van der Waals surface area contributed by atoms with Crippen molar-refractivity contribution in [1.29, 1.82) is 0 Å². The molecular formula is C13H13F2N3. The van der Waals surface area contributed by atoms with Crippen molar-refractivity contribution in [2.24, 2.45) is 0 Å². The quantitative estimate of drug-likeness (QED) is 0.903. The van der Waals surface area contributed by atoms with E-state index < -0.39 is 11.6 Å². The van der Waals surface area contributed by atoms with Crippen LogP contribution in [0.25, 0.3) is 0 Å². The van der Waals surface area contributed by atoms with Gasteiger partial charge in [0.1, 0.15) is 18.0 Å². The molecule has 0 bridgehead atoms. The minimum absolute atomic E-state index is 0.0765. The van der Waals surface area contributed by atoms with Crippen LogP contribution in [0, 0.1) is 11.6 Å². The summed E-state index contributed by atoms with van der Waals surface area (Å²) in [5.74, 6) is -1.13. The molecule has 2 rings (SSSR count). The fourth-order valence-corrected chi connectivity index (χ4v) is 1.84. The van der Waals surface area contributed by atoms with Gasteiger partial charge in [0.05, 0.1) is 0 Å². The van der Waals surface area contributed by atoms with E-state index in [0.29, 0.717) is 12.0 Å². The van der Waals surface area contributed by atoms with Gasteiger partial charge in [-0.2, -0.15) is 0 Å². The molecule has 2 aromatic rings. The molecular weight excluding hydrogens is 236 g/mol. The third-order valence-electron chi connectivity index (χ3n) is 2.69. The van der Waals surface area contributed by atoms with Gasteiger partial charge in [-0.05, 0) is 31.2 Å². The van der Waals surface area contributed by atoms with Gasteiger partial charge in [-0.15, -0.1) is 0 Å². The van der Waals surface area contributed by atoms with E-state index in [1.54, 1.807) is 19.4 Å². The second-order valence-electron chi connectivity index (χ2n) is 3.99. The summed E-state index contributed by atoms with van der Waals surface area (Å²) in [6.45, 7) is 0. The maximum absolute atomic E-state index is 13.1. The zero-order chi connectivity index (χ0) is 13.0. The molecule has 0 spiro atoms. The number of hydrogen-bond donors (Lipinski definition) is 1. The van der Waals surface area contributed by atoms with E-state index in [4.69, 9.17) is 0 Å². The van der Waals surface area contributed by atoms with E-state index in [9.17, 15) is 8.78 Å². The number of hydrogen-bond acceptors (Lipinski definition) is 3. The van der Waals surface area contributed by atoms with Gasteiger partial charge in [0.25, 0.3) is 0 Å².